The molecule has 4 aromatic rings. The van der Waals surface area contributed by atoms with E-state index in [0.29, 0.717) is 26.2 Å². The number of nitrogens with one attached hydrogen (secondary N) is 1. The molecule has 1 aromatic heterocycles. The molecule has 0 spiro atoms. The molecule has 202 valence electrons. The van der Waals surface area contributed by atoms with Crippen molar-refractivity contribution >= 4 is 63.8 Å². The van der Waals surface area contributed by atoms with Crippen LogP contribution in [-0.4, -0.2) is 32.6 Å². The third-order valence-electron chi connectivity index (χ3n) is 6.82. The number of anilines is 2. The highest BCUT2D eigenvalue weighted by molar-refractivity contribution is 8.00. The summed E-state index contributed by atoms with van der Waals surface area (Å²) in [5.74, 6) is -3.31. The normalized spacial score (nSPS) is 19.9. The van der Waals surface area contributed by atoms with E-state index in [0.717, 1.165) is 28.0 Å². The molecule has 0 aliphatic carbocycles. The van der Waals surface area contributed by atoms with Crippen LogP contribution in [0.2, 0.25) is 5.02 Å². The molecule has 3 atom stereocenters. The van der Waals surface area contributed by atoms with E-state index >= 15 is 0 Å². The summed E-state index contributed by atoms with van der Waals surface area (Å²) in [5, 5.41) is 12.2. The fraction of sp³-hybridized carbons (Fsp3) is 0.143. The molecule has 40 heavy (non-hydrogen) atoms. The first-order chi connectivity index (χ1) is 19.2. The second kappa shape index (κ2) is 10.2. The van der Waals surface area contributed by atoms with Crippen LogP contribution in [-0.2, 0) is 20.9 Å². The Bertz CT molecular complexity index is 1700. The number of phenolic OH excluding ortho intramolecular Hbond substituents is 1. The van der Waals surface area contributed by atoms with E-state index in [1.165, 1.54) is 53.1 Å². The first kappa shape index (κ1) is 26.3. The van der Waals surface area contributed by atoms with Crippen LogP contribution >= 0.6 is 34.7 Å². The number of thioether (sulfide) groups is 1. The highest BCUT2D eigenvalue weighted by Crippen LogP contribution is 2.53. The number of nitrogens with zero attached hydrogens (tertiary/aromatic N) is 2. The van der Waals surface area contributed by atoms with Gasteiger partial charge in [0.15, 0.2) is 0 Å². The number of imide groups is 1. The Hall–Kier alpha value is -3.93. The van der Waals surface area contributed by atoms with Gasteiger partial charge < -0.3 is 10.4 Å². The zero-order valence-corrected chi connectivity index (χ0v) is 22.8. The zero-order chi connectivity index (χ0) is 28.1. The Kier molecular flexibility index (Phi) is 6.73. The summed E-state index contributed by atoms with van der Waals surface area (Å²) in [4.78, 5) is 54.8. The van der Waals surface area contributed by atoms with E-state index in [2.05, 4.69) is 5.32 Å². The predicted molar refractivity (Wildman–Crippen MR) is 151 cm³/mol. The monoisotopic (exact) mass is 595 g/mol. The van der Waals surface area contributed by atoms with Crippen molar-refractivity contribution in [2.45, 2.75) is 22.7 Å². The van der Waals surface area contributed by atoms with Crippen LogP contribution in [0.25, 0.3) is 0 Å². The van der Waals surface area contributed by atoms with E-state index in [9.17, 15) is 28.7 Å². The Labute approximate surface area is 240 Å². The molecular formula is C28H19ClFN3O5S2. The number of aromatic hydroxyl groups is 1. The molecule has 3 amide bonds. The Balaban J connectivity index is 1.40. The Morgan fingerprint density at radius 3 is 2.30 bits per heavy atom. The van der Waals surface area contributed by atoms with Crippen molar-refractivity contribution < 1.29 is 23.9 Å². The quantitative estimate of drug-likeness (QED) is 0.252. The number of fused-ring (bicyclic) bond motifs is 2. The van der Waals surface area contributed by atoms with Crippen LogP contribution < -0.4 is 15.1 Å². The minimum atomic E-state index is -0.869. The third kappa shape index (κ3) is 4.59. The van der Waals surface area contributed by atoms with Crippen LogP contribution in [0.1, 0.15) is 16.4 Å². The van der Waals surface area contributed by atoms with Crippen molar-refractivity contribution in [1.29, 1.82) is 0 Å². The highest BCUT2D eigenvalue weighted by atomic mass is 35.5. The number of carbonyl (C=O) groups is 3. The molecule has 2 aliphatic heterocycles. The van der Waals surface area contributed by atoms with Gasteiger partial charge in [-0.1, -0.05) is 46.8 Å². The zero-order valence-electron chi connectivity index (χ0n) is 20.4. The average molecular weight is 596 g/mol. The maximum absolute atomic E-state index is 13.8. The number of phenols is 1. The number of rotatable bonds is 5. The summed E-state index contributed by atoms with van der Waals surface area (Å²) < 4.78 is 14.9. The maximum atomic E-state index is 13.8. The molecule has 3 aromatic carbocycles. The van der Waals surface area contributed by atoms with Crippen molar-refractivity contribution in [2.24, 2.45) is 5.92 Å². The fourth-order valence-corrected chi connectivity index (χ4v) is 7.92. The van der Waals surface area contributed by atoms with Gasteiger partial charge in [-0.25, -0.2) is 9.29 Å². The second-order valence-corrected chi connectivity index (χ2v) is 11.9. The lowest BCUT2D eigenvalue weighted by Gasteiger charge is -2.30. The molecule has 0 saturated carbocycles. The topological polar surface area (TPSA) is 109 Å². The molecule has 3 heterocycles. The van der Waals surface area contributed by atoms with E-state index < -0.39 is 45.5 Å². The lowest BCUT2D eigenvalue weighted by molar-refractivity contribution is -0.122. The van der Waals surface area contributed by atoms with E-state index in [4.69, 9.17) is 11.6 Å². The number of hydrogen-bond acceptors (Lipinski definition) is 7. The summed E-state index contributed by atoms with van der Waals surface area (Å²) in [7, 11) is 0. The van der Waals surface area contributed by atoms with Crippen LogP contribution in [0, 0.1) is 11.7 Å². The molecule has 6 rings (SSSR count). The average Bonchev–Trinajstić information content (AvgIpc) is 3.37. The van der Waals surface area contributed by atoms with Crippen molar-refractivity contribution in [3.05, 3.63) is 104 Å². The SMILES string of the molecule is O=C(Cn1c2c(sc1=O)[C@H](c1ccc(Cl)cc1)C1C(=O)N(c3ccc(F)cc3)C(=O)C1S2)Nc1ccc(O)cc1. The number of halogens is 2. The van der Waals surface area contributed by atoms with E-state index in [1.807, 2.05) is 0 Å². The molecule has 0 bridgehead atoms. The second-order valence-electron chi connectivity index (χ2n) is 9.30. The van der Waals surface area contributed by atoms with Gasteiger partial charge in [-0.05, 0) is 66.2 Å². The van der Waals surface area contributed by atoms with Gasteiger partial charge in [-0.2, -0.15) is 0 Å². The highest BCUT2D eigenvalue weighted by Gasteiger charge is 2.56. The summed E-state index contributed by atoms with van der Waals surface area (Å²) in [6, 6.07) is 17.9. The lowest BCUT2D eigenvalue weighted by atomic mass is 9.83. The smallest absolute Gasteiger partial charge is 0.308 e. The Morgan fingerprint density at radius 2 is 1.62 bits per heavy atom. The molecule has 2 N–H and O–H groups in total. The van der Waals surface area contributed by atoms with Gasteiger partial charge in [-0.15, -0.1) is 0 Å². The van der Waals surface area contributed by atoms with Gasteiger partial charge in [0.2, 0.25) is 17.7 Å². The van der Waals surface area contributed by atoms with Gasteiger partial charge in [-0.3, -0.25) is 23.7 Å². The molecule has 1 fully saturated rings. The number of thiazole rings is 1. The van der Waals surface area contributed by atoms with Gasteiger partial charge in [0, 0.05) is 21.5 Å². The summed E-state index contributed by atoms with van der Waals surface area (Å²) >= 11 is 8.14. The molecule has 2 aliphatic rings. The van der Waals surface area contributed by atoms with Crippen molar-refractivity contribution in [1.82, 2.24) is 4.57 Å². The lowest BCUT2D eigenvalue weighted by Crippen LogP contribution is -2.33. The summed E-state index contributed by atoms with van der Waals surface area (Å²) in [6.45, 7) is -0.312. The molecule has 2 unspecified atom stereocenters. The summed E-state index contributed by atoms with van der Waals surface area (Å²) in [5.41, 5.74) is 1.40. The Morgan fingerprint density at radius 1 is 0.950 bits per heavy atom. The number of benzene rings is 3. The van der Waals surface area contributed by atoms with Gasteiger partial charge in [0.1, 0.15) is 23.4 Å². The van der Waals surface area contributed by atoms with E-state index in [-0.39, 0.29) is 18.0 Å². The standard InChI is InChI=1S/C28H19ClFN3O5S2/c29-15-3-1-14(2-4-15)21-22-23(26(37)33(25(22)36)18-9-5-16(30)6-10-18)39-27-24(21)40-28(38)32(27)13-20(35)31-17-7-11-19(34)12-8-17/h1-12,21-23,34H,13H2,(H,31,35)/t21-,22?,23?/m1/s1. The van der Waals surface area contributed by atoms with Gasteiger partial charge >= 0.3 is 4.87 Å². The number of aromatic nitrogens is 1. The molecule has 1 saturated heterocycles. The predicted octanol–water partition coefficient (Wildman–Crippen LogP) is 4.84. The fourth-order valence-electron chi connectivity index (χ4n) is 5.02. The first-order valence-electron chi connectivity index (χ1n) is 12.1. The first-order valence-corrected chi connectivity index (χ1v) is 14.2. The maximum Gasteiger partial charge on any atom is 0.308 e. The molecular weight excluding hydrogens is 577 g/mol. The number of amides is 3. The van der Waals surface area contributed by atoms with Gasteiger partial charge in [0.05, 0.1) is 16.6 Å². The van der Waals surface area contributed by atoms with E-state index in [1.54, 1.807) is 24.3 Å². The van der Waals surface area contributed by atoms with Crippen molar-refractivity contribution in [3.8, 4) is 5.75 Å². The van der Waals surface area contributed by atoms with Gasteiger partial charge in [0.25, 0.3) is 0 Å². The molecule has 8 nitrogen and oxygen atoms in total. The minimum absolute atomic E-state index is 0.0470. The largest absolute Gasteiger partial charge is 0.508 e. The van der Waals surface area contributed by atoms with Crippen molar-refractivity contribution in [3.63, 3.8) is 0 Å². The van der Waals surface area contributed by atoms with Crippen LogP contribution in [0.5, 0.6) is 5.75 Å². The molecule has 12 heteroatoms. The van der Waals surface area contributed by atoms with Crippen molar-refractivity contribution in [2.75, 3.05) is 10.2 Å². The number of hydrogen-bond donors (Lipinski definition) is 2. The van der Waals surface area contributed by atoms with Crippen LogP contribution in [0.3, 0.4) is 0 Å². The third-order valence-corrected chi connectivity index (χ3v) is 9.67. The van der Waals surface area contributed by atoms with Crippen LogP contribution in [0.15, 0.2) is 82.6 Å². The number of carbonyl (C=O) groups excluding carboxylic acids is 3. The minimum Gasteiger partial charge on any atom is -0.508 e. The van der Waals surface area contributed by atoms with Crippen LogP contribution in [0.4, 0.5) is 15.8 Å². The molecule has 0 radical (unpaired) electrons. The summed E-state index contributed by atoms with van der Waals surface area (Å²) in [6.07, 6.45) is 0.